The van der Waals surface area contributed by atoms with Gasteiger partial charge in [-0.05, 0) is 28.2 Å². The lowest BCUT2D eigenvalue weighted by Crippen LogP contribution is -2.39. The molecule has 0 bridgehead atoms. The Labute approximate surface area is 161 Å². The predicted molar refractivity (Wildman–Crippen MR) is 101 cm³/mol. The van der Waals surface area contributed by atoms with Crippen molar-refractivity contribution in [2.75, 3.05) is 12.4 Å². The lowest BCUT2D eigenvalue weighted by atomic mass is 10.3. The molecule has 0 atom stereocenters. The van der Waals surface area contributed by atoms with E-state index < -0.39 is 10.5 Å². The van der Waals surface area contributed by atoms with E-state index in [0.717, 1.165) is 4.70 Å². The van der Waals surface area contributed by atoms with Crippen molar-refractivity contribution in [3.8, 4) is 11.4 Å². The van der Waals surface area contributed by atoms with Crippen molar-refractivity contribution < 1.29 is 18.9 Å². The summed E-state index contributed by atoms with van der Waals surface area (Å²) in [6.07, 6.45) is 0. The number of hydrogen-bond donors (Lipinski definition) is 2. The number of benzene rings is 2. The van der Waals surface area contributed by atoms with Gasteiger partial charge in [0, 0.05) is 24.3 Å². The fraction of sp³-hybridized carbons (Fsp3) is 0.118. The monoisotopic (exact) mass is 400 g/mol. The molecule has 2 aromatic heterocycles. The second-order valence-corrected chi connectivity index (χ2v) is 6.77. The van der Waals surface area contributed by atoms with Gasteiger partial charge in [-0.1, -0.05) is 11.3 Å². The maximum Gasteiger partial charge on any atom is 0.432 e. The summed E-state index contributed by atoms with van der Waals surface area (Å²) in [6, 6.07) is 11.6. The van der Waals surface area contributed by atoms with Crippen LogP contribution in [0.5, 0.6) is 5.75 Å². The maximum absolute atomic E-state index is 12.1. The van der Waals surface area contributed by atoms with Gasteiger partial charge in [0.2, 0.25) is 5.69 Å². The van der Waals surface area contributed by atoms with E-state index >= 15 is 0 Å². The summed E-state index contributed by atoms with van der Waals surface area (Å²) in [4.78, 5) is 26.8. The molecule has 2 heterocycles. The minimum atomic E-state index is -0.514. The molecular formula is C17H14N5O5S+. The molecule has 0 aliphatic rings. The molecule has 2 N–H and O–H groups in total. The van der Waals surface area contributed by atoms with Crippen LogP contribution in [0, 0.1) is 10.1 Å². The third-order valence-electron chi connectivity index (χ3n) is 4.05. The number of methoxy groups -OCH3 is 1. The first-order chi connectivity index (χ1) is 13.5. The number of aromatic nitrogens is 3. The van der Waals surface area contributed by atoms with Gasteiger partial charge < -0.3 is 10.1 Å². The number of H-pyrrole nitrogens is 1. The van der Waals surface area contributed by atoms with Crippen LogP contribution >= 0.6 is 11.3 Å². The number of rotatable bonds is 6. The molecule has 10 nitrogen and oxygen atoms in total. The number of nitrogens with zero attached hydrogens (tertiary/aromatic N) is 3. The topological polar surface area (TPSA) is 127 Å². The van der Waals surface area contributed by atoms with E-state index in [0.29, 0.717) is 27.8 Å². The zero-order valence-corrected chi connectivity index (χ0v) is 15.4. The average molecular weight is 400 g/mol. The first kappa shape index (κ1) is 17.7. The summed E-state index contributed by atoms with van der Waals surface area (Å²) in [6.45, 7) is 0.153. The second-order valence-electron chi connectivity index (χ2n) is 5.74. The Balaban J connectivity index is 1.58. The van der Waals surface area contributed by atoms with E-state index in [1.54, 1.807) is 37.4 Å². The first-order valence-corrected chi connectivity index (χ1v) is 8.92. The van der Waals surface area contributed by atoms with E-state index in [9.17, 15) is 14.9 Å². The minimum absolute atomic E-state index is 0.0204. The fourth-order valence-electron chi connectivity index (χ4n) is 2.65. The Hall–Kier alpha value is -3.73. The summed E-state index contributed by atoms with van der Waals surface area (Å²) >= 11 is 1.34. The zero-order valence-electron chi connectivity index (χ0n) is 14.5. The number of thiazole rings is 1. The van der Waals surface area contributed by atoms with Crippen molar-refractivity contribution in [2.24, 2.45) is 0 Å². The van der Waals surface area contributed by atoms with Gasteiger partial charge in [-0.25, -0.2) is 9.78 Å². The molecule has 0 radical (unpaired) electrons. The number of nitrogens with one attached hydrogen (secondary N) is 2. The highest BCUT2D eigenvalue weighted by Gasteiger charge is 2.23. The van der Waals surface area contributed by atoms with E-state index in [-0.39, 0.29) is 12.2 Å². The highest BCUT2D eigenvalue weighted by molar-refractivity contribution is 7.22. The Kier molecular flexibility index (Phi) is 4.49. The highest BCUT2D eigenvalue weighted by Crippen LogP contribution is 2.28. The molecule has 0 saturated heterocycles. The molecule has 4 rings (SSSR count). The fourth-order valence-corrected chi connectivity index (χ4v) is 3.49. The van der Waals surface area contributed by atoms with Crippen LogP contribution in [0.3, 0.4) is 0 Å². The van der Waals surface area contributed by atoms with Crippen LogP contribution in [0.2, 0.25) is 0 Å². The normalized spacial score (nSPS) is 10.9. The molecule has 0 aliphatic heterocycles. The molecule has 0 saturated carbocycles. The molecule has 28 heavy (non-hydrogen) atoms. The predicted octanol–water partition coefficient (Wildman–Crippen LogP) is 2.38. The van der Waals surface area contributed by atoms with Gasteiger partial charge in [0.15, 0.2) is 5.13 Å². The number of nitro benzene ring substituents is 1. The van der Waals surface area contributed by atoms with Crippen molar-refractivity contribution in [2.45, 2.75) is 6.54 Å². The van der Waals surface area contributed by atoms with E-state index in [1.165, 1.54) is 28.2 Å². The van der Waals surface area contributed by atoms with Crippen molar-refractivity contribution in [3.05, 3.63) is 68.7 Å². The molecule has 2 aromatic carbocycles. The summed E-state index contributed by atoms with van der Waals surface area (Å²) in [5, 5.41) is 17.1. The lowest BCUT2D eigenvalue weighted by Gasteiger charge is -1.99. The number of non-ortho nitro benzene ring substituents is 1. The molecule has 0 unspecified atom stereocenters. The standard InChI is InChI=1S/C17H13N5O5S/c1-26-12-5-2-10(3-6-12)21-14(16(23)27-20-21)9-18-17-19-13-8-11(22(24)25)4-7-15(13)28-17/h2-8H,9H2,1H3,(H-,18,19,20,23)/p+1. The van der Waals surface area contributed by atoms with Crippen molar-refractivity contribution >= 4 is 32.4 Å². The Morgan fingerprint density at radius 1 is 1.32 bits per heavy atom. The molecule has 4 aromatic rings. The first-order valence-electron chi connectivity index (χ1n) is 8.11. The third kappa shape index (κ3) is 3.30. The van der Waals surface area contributed by atoms with Crippen molar-refractivity contribution in [3.63, 3.8) is 0 Å². The maximum atomic E-state index is 12.1. The smallest absolute Gasteiger partial charge is 0.432 e. The van der Waals surface area contributed by atoms with E-state index in [1.807, 2.05) is 0 Å². The molecule has 0 amide bonds. The van der Waals surface area contributed by atoms with Gasteiger partial charge in [-0.2, -0.15) is 0 Å². The Morgan fingerprint density at radius 2 is 2.11 bits per heavy atom. The van der Waals surface area contributed by atoms with Gasteiger partial charge in [0.05, 0.1) is 22.2 Å². The van der Waals surface area contributed by atoms with Crippen LogP contribution in [0.1, 0.15) is 5.69 Å². The van der Waals surface area contributed by atoms with Gasteiger partial charge in [0.25, 0.3) is 5.69 Å². The van der Waals surface area contributed by atoms with Crippen LogP contribution in [0.25, 0.3) is 15.9 Å². The molecule has 0 fully saturated rings. The molecule has 142 valence electrons. The van der Waals surface area contributed by atoms with E-state index in [4.69, 9.17) is 9.26 Å². The average Bonchev–Trinajstić information content (AvgIpc) is 3.28. The van der Waals surface area contributed by atoms with Crippen molar-refractivity contribution in [1.82, 2.24) is 10.3 Å². The van der Waals surface area contributed by atoms with Crippen molar-refractivity contribution in [1.29, 1.82) is 0 Å². The minimum Gasteiger partial charge on any atom is -0.497 e. The molecule has 0 aliphatic carbocycles. The number of ether oxygens (including phenoxy) is 1. The summed E-state index contributed by atoms with van der Waals surface area (Å²) in [5.41, 5.74) is 1.03. The summed E-state index contributed by atoms with van der Waals surface area (Å²) in [5.74, 6) is 0.693. The summed E-state index contributed by atoms with van der Waals surface area (Å²) in [7, 11) is 1.57. The molecule has 0 spiro atoms. The summed E-state index contributed by atoms with van der Waals surface area (Å²) < 4.78 is 12.4. The molecule has 11 heteroatoms. The number of fused-ring (bicyclic) bond motifs is 1. The zero-order chi connectivity index (χ0) is 19.7. The largest absolute Gasteiger partial charge is 0.497 e. The Morgan fingerprint density at radius 3 is 2.82 bits per heavy atom. The van der Waals surface area contributed by atoms with E-state index in [2.05, 4.69) is 15.6 Å². The van der Waals surface area contributed by atoms with Gasteiger partial charge >= 0.3 is 11.3 Å². The SMILES string of the molecule is COc1ccc(-[n+]2[nH]oc(=O)c2CNc2nc3cc([N+](=O)[O-])ccc3s2)cc1. The van der Waals surface area contributed by atoms with Gasteiger partial charge in [-0.15, -0.1) is 0 Å². The third-order valence-corrected chi connectivity index (χ3v) is 5.05. The van der Waals surface area contributed by atoms with Gasteiger partial charge in [0.1, 0.15) is 12.3 Å². The lowest BCUT2D eigenvalue weighted by molar-refractivity contribution is -0.677. The van der Waals surface area contributed by atoms with Crippen LogP contribution in [0.4, 0.5) is 10.8 Å². The van der Waals surface area contributed by atoms with Crippen LogP contribution in [-0.4, -0.2) is 22.3 Å². The number of nitro groups is 1. The highest BCUT2D eigenvalue weighted by atomic mass is 32.1. The van der Waals surface area contributed by atoms with Crippen LogP contribution in [-0.2, 0) is 6.54 Å². The number of aromatic amines is 1. The quantitative estimate of drug-likeness (QED) is 0.289. The van der Waals surface area contributed by atoms with Crippen LogP contribution in [0.15, 0.2) is 51.8 Å². The van der Waals surface area contributed by atoms with Gasteiger partial charge in [-0.3, -0.25) is 14.6 Å². The number of anilines is 1. The molecular weight excluding hydrogens is 386 g/mol. The number of hydrogen-bond acceptors (Lipinski definition) is 8. The second kappa shape index (κ2) is 7.12. The van der Waals surface area contributed by atoms with Crippen LogP contribution < -0.4 is 20.4 Å². The Bertz CT molecular complexity index is 1210.